The summed E-state index contributed by atoms with van der Waals surface area (Å²) < 4.78 is 40.1. The van der Waals surface area contributed by atoms with E-state index in [1.807, 2.05) is 49.4 Å². The van der Waals surface area contributed by atoms with Crippen molar-refractivity contribution in [2.24, 2.45) is 0 Å². The average Bonchev–Trinajstić information content (AvgIpc) is 3.40. The topological polar surface area (TPSA) is 122 Å². The molecule has 6 rings (SSSR count). The molecule has 0 radical (unpaired) electrons. The van der Waals surface area contributed by atoms with Crippen molar-refractivity contribution >= 4 is 32.9 Å². The van der Waals surface area contributed by atoms with Crippen LogP contribution in [0.2, 0.25) is 0 Å². The van der Waals surface area contributed by atoms with Crippen molar-refractivity contribution in [1.82, 2.24) is 19.5 Å². The molecule has 1 fully saturated rings. The van der Waals surface area contributed by atoms with E-state index in [1.54, 1.807) is 30.9 Å². The van der Waals surface area contributed by atoms with Crippen molar-refractivity contribution < 1.29 is 23.0 Å². The molecule has 0 bridgehead atoms. The van der Waals surface area contributed by atoms with Crippen LogP contribution in [0.5, 0.6) is 11.5 Å². The molecular weight excluding hydrogens is 568 g/mol. The first-order valence-corrected chi connectivity index (χ1v) is 16.4. The van der Waals surface area contributed by atoms with Crippen LogP contribution in [-0.2, 0) is 16.4 Å². The number of anilines is 3. The smallest absolute Gasteiger partial charge is 0.245 e. The average molecular weight is 607 g/mol. The Kier molecular flexibility index (Phi) is 7.69. The summed E-state index contributed by atoms with van der Waals surface area (Å²) in [7, 11) is -0.289. The first kappa shape index (κ1) is 29.2. The molecule has 2 N–H and O–H groups in total. The minimum atomic E-state index is -3.46. The third kappa shape index (κ3) is 5.86. The lowest BCUT2D eigenvalue weighted by atomic mass is 9.83. The van der Waals surface area contributed by atoms with Gasteiger partial charge in [0.05, 0.1) is 48.3 Å². The number of likely N-dealkylation sites (tertiary alicyclic amines) is 1. The molecule has 0 saturated carbocycles. The number of hydrogen-bond donors (Lipinski definition) is 2. The predicted octanol–water partition coefficient (Wildman–Crippen LogP) is 4.08. The second kappa shape index (κ2) is 11.3. The van der Waals surface area contributed by atoms with Gasteiger partial charge in [0, 0.05) is 38.3 Å². The summed E-state index contributed by atoms with van der Waals surface area (Å²) in [4.78, 5) is 6.83. The molecule has 2 aliphatic heterocycles. The molecular formula is C31H38N6O5S. The molecule has 1 saturated heterocycles. The number of piperidine rings is 1. The highest BCUT2D eigenvalue weighted by Gasteiger charge is 2.40. The Morgan fingerprint density at radius 3 is 2.65 bits per heavy atom. The van der Waals surface area contributed by atoms with E-state index in [1.165, 1.54) is 10.6 Å². The molecule has 4 heterocycles. The molecule has 0 aliphatic carbocycles. The Bertz CT molecular complexity index is 1750. The Morgan fingerprint density at radius 1 is 1.16 bits per heavy atom. The van der Waals surface area contributed by atoms with Gasteiger partial charge in [0.25, 0.3) is 0 Å². The van der Waals surface area contributed by atoms with Crippen molar-refractivity contribution in [3.8, 4) is 22.8 Å². The van der Waals surface area contributed by atoms with Crippen molar-refractivity contribution in [3.05, 3.63) is 60.3 Å². The number of aliphatic hydroxyl groups is 1. The number of fused-ring (bicyclic) bond motifs is 2. The van der Waals surface area contributed by atoms with Crippen molar-refractivity contribution in [1.29, 1.82) is 0 Å². The minimum absolute atomic E-state index is 0.192. The van der Waals surface area contributed by atoms with Gasteiger partial charge in [0.15, 0.2) is 0 Å². The summed E-state index contributed by atoms with van der Waals surface area (Å²) in [6, 6.07) is 15.1. The maximum absolute atomic E-state index is 12.3. The van der Waals surface area contributed by atoms with Crippen molar-refractivity contribution in [3.63, 3.8) is 0 Å². The van der Waals surface area contributed by atoms with Crippen LogP contribution in [0.25, 0.3) is 16.8 Å². The highest BCUT2D eigenvalue weighted by Crippen LogP contribution is 2.44. The number of hydrogen-bond acceptors (Lipinski definition) is 9. The standard InChI is InChI=1S/C31H38N6O5S/c1-21(38)20-36-15-13-31(14-16-36)12-11-22-17-25(29(41-3)18-28(22)42-31)33-30-32-19-23-9-10-27(37(23)34-30)24-7-5-6-8-26(24)35(2)43(4,39)40/h5-10,17-19,21,38H,11-16,20H2,1-4H3,(H,33,34). The van der Waals surface area contributed by atoms with Gasteiger partial charge in [-0.15, -0.1) is 5.10 Å². The molecule has 228 valence electrons. The zero-order valence-corrected chi connectivity index (χ0v) is 25.8. The molecule has 11 nitrogen and oxygen atoms in total. The van der Waals surface area contributed by atoms with Gasteiger partial charge in [-0.25, -0.2) is 17.9 Å². The third-order valence-corrected chi connectivity index (χ3v) is 9.70. The number of aryl methyl sites for hydroxylation is 1. The fourth-order valence-electron chi connectivity index (χ4n) is 6.11. The Hall–Kier alpha value is -3.87. The molecule has 1 unspecified atom stereocenters. The number of nitrogens with one attached hydrogen (secondary N) is 1. The minimum Gasteiger partial charge on any atom is -0.494 e. The van der Waals surface area contributed by atoms with Crippen LogP contribution in [0.4, 0.5) is 17.3 Å². The van der Waals surface area contributed by atoms with Crippen molar-refractivity contribution in [2.75, 3.05) is 49.7 Å². The lowest BCUT2D eigenvalue weighted by Gasteiger charge is -2.45. The summed E-state index contributed by atoms with van der Waals surface area (Å²) in [5.41, 5.74) is 4.44. The van der Waals surface area contributed by atoms with E-state index in [2.05, 4.69) is 15.2 Å². The molecule has 4 aromatic rings. The zero-order chi connectivity index (χ0) is 30.4. The van der Waals surface area contributed by atoms with Crippen LogP contribution in [0.1, 0.15) is 31.7 Å². The molecule has 1 atom stereocenters. The number of para-hydroxylation sites is 1. The number of ether oxygens (including phenoxy) is 2. The van der Waals surface area contributed by atoms with E-state index >= 15 is 0 Å². The largest absolute Gasteiger partial charge is 0.494 e. The first-order chi connectivity index (χ1) is 20.5. The monoisotopic (exact) mass is 606 g/mol. The van der Waals surface area contributed by atoms with E-state index in [0.717, 1.165) is 72.5 Å². The Balaban J connectivity index is 1.27. The van der Waals surface area contributed by atoms with E-state index in [9.17, 15) is 13.5 Å². The number of aromatic nitrogens is 3. The zero-order valence-electron chi connectivity index (χ0n) is 24.9. The molecule has 0 amide bonds. The van der Waals surface area contributed by atoms with Crippen LogP contribution < -0.4 is 19.1 Å². The van der Waals surface area contributed by atoms with E-state index in [4.69, 9.17) is 14.6 Å². The van der Waals surface area contributed by atoms with E-state index in [-0.39, 0.29) is 11.7 Å². The number of nitrogens with zero attached hydrogens (tertiary/aromatic N) is 5. The number of benzene rings is 2. The van der Waals surface area contributed by atoms with Crippen LogP contribution in [-0.4, -0.2) is 84.8 Å². The lowest BCUT2D eigenvalue weighted by Crippen LogP contribution is -2.50. The second-order valence-corrected chi connectivity index (χ2v) is 13.6. The molecule has 2 aromatic heterocycles. The van der Waals surface area contributed by atoms with Crippen LogP contribution in [0, 0.1) is 0 Å². The van der Waals surface area contributed by atoms with Gasteiger partial charge < -0.3 is 24.8 Å². The molecule has 2 aromatic carbocycles. The van der Waals surface area contributed by atoms with Gasteiger partial charge in [-0.2, -0.15) is 0 Å². The molecule has 2 aliphatic rings. The van der Waals surface area contributed by atoms with Gasteiger partial charge in [-0.1, -0.05) is 18.2 Å². The fraction of sp³-hybridized carbons (Fsp3) is 0.419. The van der Waals surface area contributed by atoms with Crippen molar-refractivity contribution in [2.45, 2.75) is 44.3 Å². The molecule has 43 heavy (non-hydrogen) atoms. The lowest BCUT2D eigenvalue weighted by molar-refractivity contribution is -0.0223. The second-order valence-electron chi connectivity index (χ2n) is 11.6. The summed E-state index contributed by atoms with van der Waals surface area (Å²) in [5, 5.41) is 17.9. The molecule has 1 spiro atoms. The van der Waals surface area contributed by atoms with Gasteiger partial charge in [-0.05, 0) is 62.4 Å². The maximum Gasteiger partial charge on any atom is 0.245 e. The normalized spacial score (nSPS) is 17.3. The Morgan fingerprint density at radius 2 is 1.93 bits per heavy atom. The van der Waals surface area contributed by atoms with Crippen LogP contribution in [0.15, 0.2) is 54.7 Å². The number of aliphatic hydroxyl groups excluding tert-OH is 1. The third-order valence-electron chi connectivity index (χ3n) is 8.51. The van der Waals surface area contributed by atoms with E-state index in [0.29, 0.717) is 23.9 Å². The predicted molar refractivity (Wildman–Crippen MR) is 167 cm³/mol. The van der Waals surface area contributed by atoms with Gasteiger partial charge in [-0.3, -0.25) is 4.31 Å². The number of rotatable bonds is 8. The molecule has 12 heteroatoms. The highest BCUT2D eigenvalue weighted by molar-refractivity contribution is 7.92. The number of methoxy groups -OCH3 is 1. The fourth-order valence-corrected chi connectivity index (χ4v) is 6.62. The first-order valence-electron chi connectivity index (χ1n) is 14.5. The van der Waals surface area contributed by atoms with Crippen LogP contribution in [0.3, 0.4) is 0 Å². The summed E-state index contributed by atoms with van der Waals surface area (Å²) in [5.74, 6) is 1.84. The maximum atomic E-state index is 12.3. The van der Waals surface area contributed by atoms with Crippen LogP contribution >= 0.6 is 0 Å². The van der Waals surface area contributed by atoms with E-state index < -0.39 is 10.0 Å². The van der Waals surface area contributed by atoms with Gasteiger partial charge in [0.1, 0.15) is 17.1 Å². The highest BCUT2D eigenvalue weighted by atomic mass is 32.2. The quantitative estimate of drug-likeness (QED) is 0.306. The van der Waals surface area contributed by atoms with Gasteiger partial charge >= 0.3 is 0 Å². The number of β-amino-alcohol motifs (C(OH)–C–C–N with tert-alkyl or cyclic N) is 1. The van der Waals surface area contributed by atoms with Gasteiger partial charge in [0.2, 0.25) is 16.0 Å². The SMILES string of the molecule is COc1cc2c(cc1Nc1ncc3ccc(-c4ccccc4N(C)S(C)(=O)=O)n3n1)CCC1(CCN(CC(C)O)CC1)O2. The summed E-state index contributed by atoms with van der Waals surface area (Å²) in [6.45, 7) is 4.34. The Labute approximate surface area is 252 Å². The number of sulfonamides is 1. The summed E-state index contributed by atoms with van der Waals surface area (Å²) in [6.07, 6.45) is 6.26. The summed E-state index contributed by atoms with van der Waals surface area (Å²) >= 11 is 0.